The zero-order valence-corrected chi connectivity index (χ0v) is 20.1. The Labute approximate surface area is 208 Å². The molecule has 9 nitrogen and oxygen atoms in total. The molecule has 2 unspecified atom stereocenters. The average Bonchev–Trinajstić information content (AvgIpc) is 3.63. The molecule has 0 saturated heterocycles. The van der Waals surface area contributed by atoms with Gasteiger partial charge in [-0.1, -0.05) is 44.2 Å². The molecule has 4 bridgehead atoms. The number of fused-ring (bicyclic) bond motifs is 4. The van der Waals surface area contributed by atoms with E-state index in [1.807, 2.05) is 44.2 Å². The largest absolute Gasteiger partial charge is 0.474 e. The van der Waals surface area contributed by atoms with Crippen LogP contribution in [0.25, 0.3) is 0 Å². The van der Waals surface area contributed by atoms with E-state index in [0.717, 1.165) is 28.1 Å². The molecule has 0 radical (unpaired) electrons. The third-order valence-electron chi connectivity index (χ3n) is 7.56. The van der Waals surface area contributed by atoms with Crippen LogP contribution in [0.1, 0.15) is 53.9 Å². The second kappa shape index (κ2) is 7.57. The molecule has 184 valence electrons. The fourth-order valence-electron chi connectivity index (χ4n) is 5.83. The summed E-state index contributed by atoms with van der Waals surface area (Å²) < 4.78 is 19.1. The maximum atomic E-state index is 13.1. The van der Waals surface area contributed by atoms with E-state index in [1.165, 1.54) is 0 Å². The molecule has 0 fully saturated rings. The number of hydrogen-bond acceptors (Lipinski definition) is 8. The number of aromatic nitrogens is 1. The van der Waals surface area contributed by atoms with E-state index < -0.39 is 23.7 Å². The number of nitrogens with zero attached hydrogens (tertiary/aromatic N) is 2. The summed E-state index contributed by atoms with van der Waals surface area (Å²) in [6.45, 7) is 5.07. The Morgan fingerprint density at radius 2 is 2.00 bits per heavy atom. The maximum absolute atomic E-state index is 13.1. The summed E-state index contributed by atoms with van der Waals surface area (Å²) in [6, 6.07) is 12.9. The number of nitrogens with two attached hydrogens (primary N) is 1. The average molecular weight is 486 g/mol. The molecule has 36 heavy (non-hydrogen) atoms. The van der Waals surface area contributed by atoms with E-state index >= 15 is 0 Å². The first kappa shape index (κ1) is 21.4. The molecule has 1 amide bonds. The predicted molar refractivity (Wildman–Crippen MR) is 132 cm³/mol. The number of aliphatic imine (C=N–C) groups is 1. The summed E-state index contributed by atoms with van der Waals surface area (Å²) in [6.07, 6.45) is -0.0557. The van der Waals surface area contributed by atoms with Gasteiger partial charge in [-0.05, 0) is 35.6 Å². The minimum absolute atomic E-state index is 0.00498. The van der Waals surface area contributed by atoms with Crippen molar-refractivity contribution in [1.82, 2.24) is 10.3 Å². The van der Waals surface area contributed by atoms with Crippen molar-refractivity contribution in [2.75, 3.05) is 18.5 Å². The highest BCUT2D eigenvalue weighted by Crippen LogP contribution is 2.58. The minimum atomic E-state index is -0.828. The van der Waals surface area contributed by atoms with Crippen LogP contribution in [0, 0.1) is 5.92 Å². The van der Waals surface area contributed by atoms with Gasteiger partial charge in [0, 0.05) is 11.3 Å². The maximum Gasteiger partial charge on any atom is 0.239 e. The van der Waals surface area contributed by atoms with Crippen molar-refractivity contribution in [3.05, 3.63) is 76.5 Å². The molecule has 4 atom stereocenters. The van der Waals surface area contributed by atoms with E-state index in [4.69, 9.17) is 24.6 Å². The molecule has 7 rings (SSSR count). The summed E-state index contributed by atoms with van der Waals surface area (Å²) in [5, 5.41) is 6.64. The van der Waals surface area contributed by atoms with E-state index in [-0.39, 0.29) is 11.8 Å². The summed E-state index contributed by atoms with van der Waals surface area (Å²) in [4.78, 5) is 22.6. The lowest BCUT2D eigenvalue weighted by molar-refractivity contribution is -0.123. The SMILES string of the molecule is CC(C)[C@@H]1NC(=O)C(N)Cc2ccc3c(c2)C2(c4ccccc4N[C@H]2O3)c2oc1nc2C1=NCCO1. The molecule has 0 aliphatic carbocycles. The van der Waals surface area contributed by atoms with Gasteiger partial charge in [0.15, 0.2) is 17.7 Å². The monoisotopic (exact) mass is 485 g/mol. The Balaban J connectivity index is 1.58. The van der Waals surface area contributed by atoms with Crippen molar-refractivity contribution >= 4 is 17.5 Å². The second-order valence-electron chi connectivity index (χ2n) is 10.1. The smallest absolute Gasteiger partial charge is 0.239 e. The van der Waals surface area contributed by atoms with Crippen molar-refractivity contribution in [3.63, 3.8) is 0 Å². The summed E-state index contributed by atoms with van der Waals surface area (Å²) >= 11 is 0. The molecule has 1 aromatic heterocycles. The van der Waals surface area contributed by atoms with Gasteiger partial charge < -0.3 is 30.3 Å². The van der Waals surface area contributed by atoms with Crippen molar-refractivity contribution in [2.45, 2.75) is 44.0 Å². The zero-order valence-electron chi connectivity index (χ0n) is 20.1. The molecular weight excluding hydrogens is 458 g/mol. The van der Waals surface area contributed by atoms with Gasteiger partial charge in [0.1, 0.15) is 23.8 Å². The number of amides is 1. The highest BCUT2D eigenvalue weighted by Gasteiger charge is 2.61. The number of nitrogens with one attached hydrogen (secondary N) is 2. The molecule has 2 aromatic carbocycles. The van der Waals surface area contributed by atoms with Crippen LogP contribution in [0.5, 0.6) is 5.75 Å². The Hall–Kier alpha value is -3.85. The molecule has 4 N–H and O–H groups in total. The van der Waals surface area contributed by atoms with Crippen LogP contribution >= 0.6 is 0 Å². The number of rotatable bonds is 2. The molecule has 0 saturated carbocycles. The fraction of sp³-hybridized carbons (Fsp3) is 0.370. The third-order valence-corrected chi connectivity index (χ3v) is 7.56. The number of oxazole rings is 1. The number of hydrogen-bond donors (Lipinski definition) is 3. The standard InChI is InChI=1S/C27H27N5O4/c1-13(2)20-25-32-21(24-29-9-10-34-24)22(36-25)27-15-5-3-4-6-18(15)30-26(27)35-19-8-7-14(11-16(19)27)12-17(28)23(33)31-20/h3-8,11,13,17,20,26,30H,9-10,12,28H2,1-2H3,(H,31,33)/t17?,20-,26-,27?/m0/s1. The van der Waals surface area contributed by atoms with Crippen LogP contribution in [0.2, 0.25) is 0 Å². The normalized spacial score (nSPS) is 27.6. The van der Waals surface area contributed by atoms with Gasteiger partial charge in [0.2, 0.25) is 17.7 Å². The van der Waals surface area contributed by atoms with E-state index in [1.54, 1.807) is 0 Å². The molecule has 5 heterocycles. The van der Waals surface area contributed by atoms with Crippen LogP contribution in [-0.4, -0.2) is 42.2 Å². The first-order valence-corrected chi connectivity index (χ1v) is 12.4. The van der Waals surface area contributed by atoms with E-state index in [9.17, 15) is 4.79 Å². The summed E-state index contributed by atoms with van der Waals surface area (Å²) in [5.41, 5.74) is 9.97. The number of ether oxygens (including phenoxy) is 2. The Kier molecular flexibility index (Phi) is 4.51. The van der Waals surface area contributed by atoms with Crippen LogP contribution in [0.3, 0.4) is 0 Å². The molecule has 1 spiro atoms. The first-order chi connectivity index (χ1) is 17.5. The van der Waals surface area contributed by atoms with Gasteiger partial charge in [-0.25, -0.2) is 9.98 Å². The quantitative estimate of drug-likeness (QED) is 0.510. The first-order valence-electron chi connectivity index (χ1n) is 12.4. The van der Waals surface area contributed by atoms with Crippen LogP contribution < -0.4 is 21.1 Å². The fourth-order valence-corrected chi connectivity index (χ4v) is 5.83. The second-order valence-corrected chi connectivity index (χ2v) is 10.1. The lowest BCUT2D eigenvalue weighted by atomic mass is 9.72. The van der Waals surface area contributed by atoms with Gasteiger partial charge >= 0.3 is 0 Å². The minimum Gasteiger partial charge on any atom is -0.474 e. The molecule has 4 aliphatic rings. The summed E-state index contributed by atoms with van der Waals surface area (Å²) in [5.74, 6) is 1.95. The highest BCUT2D eigenvalue weighted by molar-refractivity contribution is 5.95. The molecule has 9 heteroatoms. The van der Waals surface area contributed by atoms with Crippen molar-refractivity contribution in [2.24, 2.45) is 16.6 Å². The molecular formula is C27H27N5O4. The number of para-hydroxylation sites is 1. The number of carbonyl (C=O) groups excluding carboxylic acids is 1. The van der Waals surface area contributed by atoms with Crippen LogP contribution in [0.15, 0.2) is 51.9 Å². The van der Waals surface area contributed by atoms with Gasteiger partial charge in [-0.2, -0.15) is 0 Å². The lowest BCUT2D eigenvalue weighted by Gasteiger charge is -2.28. The van der Waals surface area contributed by atoms with Crippen molar-refractivity contribution in [1.29, 1.82) is 0 Å². The Bertz CT molecular complexity index is 1430. The van der Waals surface area contributed by atoms with Crippen molar-refractivity contribution < 1.29 is 18.7 Å². The zero-order chi connectivity index (χ0) is 24.6. The summed E-state index contributed by atoms with van der Waals surface area (Å²) in [7, 11) is 0. The number of carbonyl (C=O) groups is 1. The van der Waals surface area contributed by atoms with Crippen LogP contribution in [-0.2, 0) is 21.4 Å². The number of benzene rings is 2. The highest BCUT2D eigenvalue weighted by atomic mass is 16.5. The third kappa shape index (κ3) is 2.83. The van der Waals surface area contributed by atoms with Gasteiger partial charge in [-0.15, -0.1) is 0 Å². The topological polar surface area (TPSA) is 124 Å². The van der Waals surface area contributed by atoms with Crippen molar-refractivity contribution in [3.8, 4) is 5.75 Å². The Morgan fingerprint density at radius 3 is 2.81 bits per heavy atom. The van der Waals surface area contributed by atoms with Gasteiger partial charge in [-0.3, -0.25) is 4.79 Å². The number of anilines is 1. The molecule has 4 aliphatic heterocycles. The lowest BCUT2D eigenvalue weighted by Crippen LogP contribution is -2.45. The predicted octanol–water partition coefficient (Wildman–Crippen LogP) is 2.63. The van der Waals surface area contributed by atoms with E-state index in [0.29, 0.717) is 42.8 Å². The van der Waals surface area contributed by atoms with Gasteiger partial charge in [0.05, 0.1) is 12.6 Å². The van der Waals surface area contributed by atoms with Crippen LogP contribution in [0.4, 0.5) is 5.69 Å². The Morgan fingerprint density at radius 1 is 1.14 bits per heavy atom. The molecule has 3 aromatic rings. The van der Waals surface area contributed by atoms with E-state index in [2.05, 4.69) is 27.8 Å². The van der Waals surface area contributed by atoms with Gasteiger partial charge in [0.25, 0.3) is 0 Å².